The van der Waals surface area contributed by atoms with Gasteiger partial charge in [-0.05, 0) is 12.8 Å². The van der Waals surface area contributed by atoms with Crippen molar-refractivity contribution in [2.24, 2.45) is 0 Å². The number of ether oxygens (including phenoxy) is 1. The summed E-state index contributed by atoms with van der Waals surface area (Å²) >= 11 is 0. The van der Waals surface area contributed by atoms with Crippen LogP contribution in [0.5, 0.6) is 0 Å². The van der Waals surface area contributed by atoms with Crippen molar-refractivity contribution < 1.29 is 14.6 Å². The molecule has 4 nitrogen and oxygen atoms in total. The number of carbonyl (C=O) groups is 1. The van der Waals surface area contributed by atoms with E-state index in [4.69, 9.17) is 9.84 Å². The van der Waals surface area contributed by atoms with E-state index in [9.17, 15) is 4.79 Å². The number of aliphatic hydroxyl groups excluding tert-OH is 1. The summed E-state index contributed by atoms with van der Waals surface area (Å²) in [5.74, 6) is 0. The topological polar surface area (TPSA) is 49.8 Å². The summed E-state index contributed by atoms with van der Waals surface area (Å²) in [6.45, 7) is 7.99. The number of rotatable bonds is 7. The highest BCUT2D eigenvalue weighted by Crippen LogP contribution is 2.09. The van der Waals surface area contributed by atoms with Gasteiger partial charge < -0.3 is 14.7 Å². The summed E-state index contributed by atoms with van der Waals surface area (Å²) in [7, 11) is 0. The van der Waals surface area contributed by atoms with Gasteiger partial charge in [0.15, 0.2) is 0 Å². The predicted octanol–water partition coefficient (Wildman–Crippen LogP) is 1.79. The van der Waals surface area contributed by atoms with E-state index in [2.05, 4.69) is 6.58 Å². The fraction of sp³-hybridized carbons (Fsp3) is 0.727. The predicted molar refractivity (Wildman–Crippen MR) is 59.7 cm³/mol. The molecule has 1 amide bonds. The number of aliphatic hydroxyl groups is 1. The molecule has 0 aliphatic rings. The lowest BCUT2D eigenvalue weighted by atomic mass is 10.1. The third kappa shape index (κ3) is 4.83. The minimum atomic E-state index is -0.377. The highest BCUT2D eigenvalue weighted by atomic mass is 16.6. The third-order valence-corrected chi connectivity index (χ3v) is 2.28. The fourth-order valence-electron chi connectivity index (χ4n) is 1.47. The Labute approximate surface area is 91.5 Å². The van der Waals surface area contributed by atoms with E-state index in [1.54, 1.807) is 4.90 Å². The van der Waals surface area contributed by atoms with Crippen LogP contribution in [0.3, 0.4) is 0 Å². The Hall–Kier alpha value is -1.03. The summed E-state index contributed by atoms with van der Waals surface area (Å²) in [5, 5.41) is 8.88. The lowest BCUT2D eigenvalue weighted by Gasteiger charge is -2.28. The van der Waals surface area contributed by atoms with Crippen molar-refractivity contribution in [2.75, 3.05) is 19.8 Å². The number of nitrogens with zero attached hydrogens (tertiary/aromatic N) is 1. The van der Waals surface area contributed by atoms with Crippen LogP contribution in [0, 0.1) is 0 Å². The molecule has 0 bridgehead atoms. The van der Waals surface area contributed by atoms with Crippen molar-refractivity contribution in [3.05, 3.63) is 12.7 Å². The molecule has 0 rings (SSSR count). The zero-order valence-corrected chi connectivity index (χ0v) is 9.61. The maximum Gasteiger partial charge on any atom is 0.410 e. The van der Waals surface area contributed by atoms with Crippen molar-refractivity contribution in [3.8, 4) is 0 Å². The van der Waals surface area contributed by atoms with E-state index in [0.29, 0.717) is 6.54 Å². The van der Waals surface area contributed by atoms with Gasteiger partial charge >= 0.3 is 6.09 Å². The minimum absolute atomic E-state index is 0.0420. The largest absolute Gasteiger partial charge is 0.445 e. The van der Waals surface area contributed by atoms with Crippen LogP contribution < -0.4 is 0 Å². The van der Waals surface area contributed by atoms with Crippen LogP contribution in [0.2, 0.25) is 0 Å². The normalized spacial score (nSPS) is 10.1. The Morgan fingerprint density at radius 2 is 2.13 bits per heavy atom. The molecule has 0 saturated heterocycles. The smallest absolute Gasteiger partial charge is 0.410 e. The number of hydrogen-bond acceptors (Lipinski definition) is 3. The molecular weight excluding hydrogens is 194 g/mol. The lowest BCUT2D eigenvalue weighted by Crippen LogP contribution is -2.41. The molecule has 0 unspecified atom stereocenters. The van der Waals surface area contributed by atoms with Crippen molar-refractivity contribution in [1.82, 2.24) is 4.90 Å². The summed E-state index contributed by atoms with van der Waals surface area (Å²) in [6, 6.07) is 0.134. The van der Waals surface area contributed by atoms with Gasteiger partial charge in [0.05, 0.1) is 6.61 Å². The van der Waals surface area contributed by atoms with Crippen molar-refractivity contribution in [3.63, 3.8) is 0 Å². The molecule has 1 N–H and O–H groups in total. The molecule has 0 aromatic heterocycles. The second-order valence-electron chi connectivity index (χ2n) is 3.25. The molecule has 0 atom stereocenters. The van der Waals surface area contributed by atoms with Gasteiger partial charge in [-0.25, -0.2) is 4.79 Å². The maximum atomic E-state index is 11.6. The van der Waals surface area contributed by atoms with Gasteiger partial charge in [-0.1, -0.05) is 26.5 Å². The Balaban J connectivity index is 4.33. The molecule has 0 aromatic carbocycles. The molecule has 0 aliphatic carbocycles. The van der Waals surface area contributed by atoms with Gasteiger partial charge in [0, 0.05) is 12.6 Å². The molecule has 88 valence electrons. The highest BCUT2D eigenvalue weighted by Gasteiger charge is 2.21. The van der Waals surface area contributed by atoms with Crippen molar-refractivity contribution in [1.29, 1.82) is 0 Å². The van der Waals surface area contributed by atoms with Gasteiger partial charge in [0.2, 0.25) is 0 Å². The second-order valence-corrected chi connectivity index (χ2v) is 3.25. The summed E-state index contributed by atoms with van der Waals surface area (Å²) in [6.07, 6.45) is 2.87. The molecular formula is C11H21NO3. The molecule has 0 fully saturated rings. The average Bonchev–Trinajstić information content (AvgIpc) is 2.26. The minimum Gasteiger partial charge on any atom is -0.445 e. The molecule has 15 heavy (non-hydrogen) atoms. The fourth-order valence-corrected chi connectivity index (χ4v) is 1.47. The van der Waals surface area contributed by atoms with Gasteiger partial charge in [-0.15, -0.1) is 0 Å². The van der Waals surface area contributed by atoms with Crippen LogP contribution in [-0.4, -0.2) is 41.9 Å². The third-order valence-electron chi connectivity index (χ3n) is 2.28. The highest BCUT2D eigenvalue weighted by molar-refractivity contribution is 5.68. The van der Waals surface area contributed by atoms with Crippen LogP contribution >= 0.6 is 0 Å². The first-order chi connectivity index (χ1) is 7.21. The van der Waals surface area contributed by atoms with E-state index < -0.39 is 0 Å². The van der Waals surface area contributed by atoms with Crippen molar-refractivity contribution >= 4 is 6.09 Å². The van der Waals surface area contributed by atoms with E-state index in [1.165, 1.54) is 6.08 Å². The van der Waals surface area contributed by atoms with Gasteiger partial charge in [0.25, 0.3) is 0 Å². The molecule has 0 saturated carbocycles. The quantitative estimate of drug-likeness (QED) is 0.659. The van der Waals surface area contributed by atoms with Gasteiger partial charge in [-0.2, -0.15) is 0 Å². The van der Waals surface area contributed by atoms with Crippen molar-refractivity contribution in [2.45, 2.75) is 32.7 Å². The maximum absolute atomic E-state index is 11.6. The monoisotopic (exact) mass is 215 g/mol. The first kappa shape index (κ1) is 14.0. The van der Waals surface area contributed by atoms with E-state index in [-0.39, 0.29) is 25.3 Å². The molecule has 4 heteroatoms. The van der Waals surface area contributed by atoms with E-state index >= 15 is 0 Å². The van der Waals surface area contributed by atoms with Gasteiger partial charge in [0.1, 0.15) is 6.61 Å². The summed E-state index contributed by atoms with van der Waals surface area (Å²) in [4.78, 5) is 13.2. The number of hydrogen-bond donors (Lipinski definition) is 1. The van der Waals surface area contributed by atoms with Crippen LogP contribution in [-0.2, 0) is 4.74 Å². The Morgan fingerprint density at radius 3 is 2.53 bits per heavy atom. The number of carbonyl (C=O) groups excluding carboxylic acids is 1. The first-order valence-electron chi connectivity index (χ1n) is 5.36. The molecule has 0 spiro atoms. The van der Waals surface area contributed by atoms with E-state index in [1.807, 2.05) is 13.8 Å². The van der Waals surface area contributed by atoms with Crippen LogP contribution in [0.1, 0.15) is 26.7 Å². The lowest BCUT2D eigenvalue weighted by molar-refractivity contribution is 0.0821. The second kappa shape index (κ2) is 8.29. The Bertz CT molecular complexity index is 190. The summed E-state index contributed by atoms with van der Waals surface area (Å²) in [5.41, 5.74) is 0. The van der Waals surface area contributed by atoms with Crippen LogP contribution in [0.4, 0.5) is 4.79 Å². The SMILES string of the molecule is C=CCOC(=O)N(CCO)C(CC)CC. The number of amides is 1. The molecule has 0 aliphatic heterocycles. The van der Waals surface area contributed by atoms with E-state index in [0.717, 1.165) is 12.8 Å². The Morgan fingerprint density at radius 1 is 1.53 bits per heavy atom. The summed E-state index contributed by atoms with van der Waals surface area (Å²) < 4.78 is 4.95. The average molecular weight is 215 g/mol. The standard InChI is InChI=1S/C11H21NO3/c1-4-9-15-11(14)12(7-8-13)10(5-2)6-3/h4,10,13H,1,5-9H2,2-3H3. The first-order valence-corrected chi connectivity index (χ1v) is 5.36. The van der Waals surface area contributed by atoms with Crippen LogP contribution in [0.15, 0.2) is 12.7 Å². The molecule has 0 radical (unpaired) electrons. The Kier molecular flexibility index (Phi) is 7.72. The zero-order chi connectivity index (χ0) is 11.7. The van der Waals surface area contributed by atoms with Gasteiger partial charge in [-0.3, -0.25) is 0 Å². The van der Waals surface area contributed by atoms with Crippen LogP contribution in [0.25, 0.3) is 0 Å². The zero-order valence-electron chi connectivity index (χ0n) is 9.61. The molecule has 0 aromatic rings. The molecule has 0 heterocycles.